The van der Waals surface area contributed by atoms with E-state index in [0.29, 0.717) is 49.5 Å². The molecule has 0 bridgehead atoms. The lowest BCUT2D eigenvalue weighted by molar-refractivity contribution is -0.252. The van der Waals surface area contributed by atoms with Gasteiger partial charge in [-0.2, -0.15) is 0 Å². The Morgan fingerprint density at radius 3 is 2.51 bits per heavy atom. The highest BCUT2D eigenvalue weighted by Gasteiger charge is 2.65. The molecule has 2 fully saturated rings. The standard InChI is InChI=1S/C47H58N2O8/c1-4-25-53-36-21-22-41-39(30-36)44-37(17-9-12-24-51)34(16-8-11-23-50)29-38-40(48-57-43-18-10-13-27-54-43)31-42(47(56-41,45(38)44)55-26-5-2)49(3)46(52)35-20-19-32-14-6-7-15-33(32)28-35/h4-7,14-15,19-22,28-30,34,37,42-45,50-51H,1-2,8-13,16-18,23-27,31H2,3H3. The van der Waals surface area contributed by atoms with Crippen LogP contribution in [-0.4, -0.2) is 84.9 Å². The number of ether oxygens (including phenoxy) is 4. The van der Waals surface area contributed by atoms with E-state index in [1.807, 2.05) is 61.6 Å². The Bertz CT molecular complexity index is 1940. The van der Waals surface area contributed by atoms with E-state index in [4.69, 9.17) is 28.9 Å². The summed E-state index contributed by atoms with van der Waals surface area (Å²) in [5.41, 5.74) is 3.30. The van der Waals surface area contributed by atoms with Gasteiger partial charge in [-0.3, -0.25) is 4.79 Å². The van der Waals surface area contributed by atoms with Crippen LogP contribution < -0.4 is 9.47 Å². The van der Waals surface area contributed by atoms with Gasteiger partial charge < -0.3 is 38.9 Å². The van der Waals surface area contributed by atoms with Gasteiger partial charge in [-0.15, -0.1) is 6.58 Å². The van der Waals surface area contributed by atoms with E-state index >= 15 is 0 Å². The van der Waals surface area contributed by atoms with Gasteiger partial charge >= 0.3 is 0 Å². The maximum atomic E-state index is 14.8. The van der Waals surface area contributed by atoms with E-state index in [0.717, 1.165) is 72.6 Å². The van der Waals surface area contributed by atoms with Crippen molar-refractivity contribution in [2.75, 3.05) is 40.1 Å². The Balaban J connectivity index is 1.42. The van der Waals surface area contributed by atoms with Crippen molar-refractivity contribution in [1.29, 1.82) is 0 Å². The summed E-state index contributed by atoms with van der Waals surface area (Å²) in [5, 5.41) is 26.7. The number of hydrogen-bond donors (Lipinski definition) is 2. The third-order valence-electron chi connectivity index (χ3n) is 12.2. The summed E-state index contributed by atoms with van der Waals surface area (Å²) in [4.78, 5) is 22.8. The van der Waals surface area contributed by atoms with Crippen LogP contribution in [0.3, 0.4) is 0 Å². The number of carbonyl (C=O) groups excluding carboxylic acids is 1. The number of allylic oxidation sites excluding steroid dienone is 1. The first-order chi connectivity index (χ1) is 27.9. The van der Waals surface area contributed by atoms with Crippen molar-refractivity contribution in [3.8, 4) is 11.5 Å². The van der Waals surface area contributed by atoms with Gasteiger partial charge in [-0.05, 0) is 97.0 Å². The van der Waals surface area contributed by atoms with Crippen LogP contribution in [0.15, 0.2) is 103 Å². The molecule has 1 amide bonds. The van der Waals surface area contributed by atoms with Crippen LogP contribution in [0.5, 0.6) is 11.5 Å². The summed E-state index contributed by atoms with van der Waals surface area (Å²) in [6.07, 6.45) is 13.2. The molecule has 0 radical (unpaired) electrons. The van der Waals surface area contributed by atoms with Crippen LogP contribution in [0.2, 0.25) is 0 Å². The fraction of sp³-hybridized carbons (Fsp3) is 0.489. The SMILES string of the molecule is C=CCOc1ccc2c(c1)C1C(CCCCO)C(CCCCO)C=C3C(=NOC4CCCCO4)CC(N(C)C(=O)c4ccc5ccccc5c4)C(OCC=C)(O2)C31. The van der Waals surface area contributed by atoms with Crippen molar-refractivity contribution >= 4 is 22.4 Å². The summed E-state index contributed by atoms with van der Waals surface area (Å²) in [6.45, 7) is 9.30. The fourth-order valence-corrected chi connectivity index (χ4v) is 9.56. The number of hydrogen-bond acceptors (Lipinski definition) is 9. The number of oxime groups is 1. The van der Waals surface area contributed by atoms with Gasteiger partial charge in [0.05, 0.1) is 24.8 Å². The third kappa shape index (κ3) is 8.56. The summed E-state index contributed by atoms with van der Waals surface area (Å²) in [6, 6.07) is 19.2. The molecular weight excluding hydrogens is 721 g/mol. The molecule has 3 aromatic rings. The van der Waals surface area contributed by atoms with Crippen molar-refractivity contribution < 1.29 is 38.8 Å². The Kier molecular flexibility index (Phi) is 13.5. The van der Waals surface area contributed by atoms with Crippen molar-refractivity contribution in [3.63, 3.8) is 0 Å². The van der Waals surface area contributed by atoms with Gasteiger partial charge in [0.25, 0.3) is 5.91 Å². The first-order valence-electron chi connectivity index (χ1n) is 20.8. The maximum absolute atomic E-state index is 14.8. The van der Waals surface area contributed by atoms with Crippen LogP contribution in [0.25, 0.3) is 10.8 Å². The Morgan fingerprint density at radius 1 is 0.965 bits per heavy atom. The maximum Gasteiger partial charge on any atom is 0.254 e. The number of benzene rings is 3. The number of rotatable bonds is 18. The van der Waals surface area contributed by atoms with E-state index in [2.05, 4.69) is 25.3 Å². The zero-order valence-corrected chi connectivity index (χ0v) is 33.2. The number of amides is 1. The zero-order chi connectivity index (χ0) is 39.8. The largest absolute Gasteiger partial charge is 0.490 e. The predicted molar refractivity (Wildman–Crippen MR) is 221 cm³/mol. The Morgan fingerprint density at radius 2 is 1.75 bits per heavy atom. The summed E-state index contributed by atoms with van der Waals surface area (Å²) < 4.78 is 26.4. The second-order valence-electron chi connectivity index (χ2n) is 15.8. The molecule has 7 rings (SSSR count). The highest BCUT2D eigenvalue weighted by atomic mass is 16.8. The van der Waals surface area contributed by atoms with Gasteiger partial charge in [0, 0.05) is 50.1 Å². The summed E-state index contributed by atoms with van der Waals surface area (Å²) in [5.74, 6) is -0.437. The Labute approximate surface area is 336 Å². The van der Waals surface area contributed by atoms with E-state index in [1.165, 1.54) is 0 Å². The average Bonchev–Trinajstić information content (AvgIpc) is 3.25. The number of fused-ring (bicyclic) bond motifs is 3. The molecule has 1 saturated heterocycles. The van der Waals surface area contributed by atoms with E-state index < -0.39 is 24.0 Å². The molecule has 57 heavy (non-hydrogen) atoms. The smallest absolute Gasteiger partial charge is 0.254 e. The third-order valence-corrected chi connectivity index (χ3v) is 12.2. The topological polar surface area (TPSA) is 119 Å². The number of likely N-dealkylation sites (N-methyl/N-ethyl adjacent to an activating group) is 1. The first kappa shape index (κ1) is 40.7. The van der Waals surface area contributed by atoms with Gasteiger partial charge in [-0.1, -0.05) is 73.1 Å². The molecule has 4 aliphatic rings. The normalized spacial score (nSPS) is 27.1. The van der Waals surface area contributed by atoms with Crippen molar-refractivity contribution in [3.05, 3.63) is 109 Å². The number of nitrogens with zero attached hydrogens (tertiary/aromatic N) is 2. The van der Waals surface area contributed by atoms with Crippen LogP contribution in [0.1, 0.15) is 86.0 Å². The molecule has 0 spiro atoms. The van der Waals surface area contributed by atoms with Crippen molar-refractivity contribution in [1.82, 2.24) is 4.90 Å². The van der Waals surface area contributed by atoms with Crippen molar-refractivity contribution in [2.45, 2.75) is 88.2 Å². The second-order valence-corrected chi connectivity index (χ2v) is 15.8. The minimum absolute atomic E-state index is 0.108. The molecule has 2 heterocycles. The molecule has 304 valence electrons. The van der Waals surface area contributed by atoms with Crippen LogP contribution >= 0.6 is 0 Å². The van der Waals surface area contributed by atoms with Crippen molar-refractivity contribution in [2.24, 2.45) is 22.9 Å². The lowest BCUT2D eigenvalue weighted by Crippen LogP contribution is -2.69. The molecule has 2 aliphatic heterocycles. The number of unbranched alkanes of at least 4 members (excludes halogenated alkanes) is 2. The first-order valence-corrected chi connectivity index (χ1v) is 20.8. The molecule has 10 nitrogen and oxygen atoms in total. The number of aliphatic hydroxyl groups excluding tert-OH is 2. The molecule has 0 aromatic heterocycles. The second kappa shape index (κ2) is 18.9. The lowest BCUT2D eigenvalue weighted by atomic mass is 9.55. The summed E-state index contributed by atoms with van der Waals surface area (Å²) in [7, 11) is 1.83. The monoisotopic (exact) mass is 778 g/mol. The highest BCUT2D eigenvalue weighted by molar-refractivity contribution is 6.04. The molecule has 2 N–H and O–H groups in total. The average molecular weight is 779 g/mol. The minimum Gasteiger partial charge on any atom is -0.490 e. The molecule has 2 aliphatic carbocycles. The molecular formula is C47H58N2O8. The lowest BCUT2D eigenvalue weighted by Gasteiger charge is -2.59. The number of carbonyl (C=O) groups is 1. The number of aliphatic hydroxyl groups is 2. The van der Waals surface area contributed by atoms with Crippen LogP contribution in [-0.2, 0) is 14.3 Å². The zero-order valence-electron chi connectivity index (χ0n) is 33.2. The fourth-order valence-electron chi connectivity index (χ4n) is 9.56. The van der Waals surface area contributed by atoms with Gasteiger partial charge in [0.15, 0.2) is 0 Å². The quantitative estimate of drug-likeness (QED) is 0.0752. The van der Waals surface area contributed by atoms with Gasteiger partial charge in [0.2, 0.25) is 12.1 Å². The van der Waals surface area contributed by atoms with E-state index in [9.17, 15) is 15.0 Å². The molecule has 1 saturated carbocycles. The van der Waals surface area contributed by atoms with E-state index in [1.54, 1.807) is 17.1 Å². The van der Waals surface area contributed by atoms with Crippen LogP contribution in [0.4, 0.5) is 0 Å². The van der Waals surface area contributed by atoms with E-state index in [-0.39, 0.29) is 43.5 Å². The molecule has 10 heteroatoms. The highest BCUT2D eigenvalue weighted by Crippen LogP contribution is 2.62. The predicted octanol–water partition coefficient (Wildman–Crippen LogP) is 8.34. The summed E-state index contributed by atoms with van der Waals surface area (Å²) >= 11 is 0. The van der Waals surface area contributed by atoms with Gasteiger partial charge in [-0.25, -0.2) is 0 Å². The molecule has 7 unspecified atom stereocenters. The minimum atomic E-state index is -1.34. The molecule has 3 aromatic carbocycles. The Hall–Kier alpha value is -4.48. The van der Waals surface area contributed by atoms with Crippen LogP contribution in [0, 0.1) is 17.8 Å². The van der Waals surface area contributed by atoms with Gasteiger partial charge in [0.1, 0.15) is 24.1 Å². The molecule has 7 atom stereocenters.